The van der Waals surface area contributed by atoms with Crippen molar-refractivity contribution in [3.63, 3.8) is 0 Å². The molecule has 0 aliphatic rings. The first kappa shape index (κ1) is 9.99. The van der Waals surface area contributed by atoms with Gasteiger partial charge in [0.15, 0.2) is 5.76 Å². The molecular formula is C12H9ClO2. The Hall–Kier alpha value is -1.54. The number of ketones is 1. The molecule has 0 atom stereocenters. The SMILES string of the molecule is C/C=C/C(=O)c1cc2cc(Cl)ccc2o1. The molecule has 0 fully saturated rings. The monoisotopic (exact) mass is 220 g/mol. The van der Waals surface area contributed by atoms with E-state index in [9.17, 15) is 4.79 Å². The molecule has 1 heterocycles. The van der Waals surface area contributed by atoms with Crippen LogP contribution in [0.1, 0.15) is 17.5 Å². The van der Waals surface area contributed by atoms with E-state index < -0.39 is 0 Å². The van der Waals surface area contributed by atoms with Gasteiger partial charge in [-0.1, -0.05) is 17.7 Å². The number of allylic oxidation sites excluding steroid dienone is 2. The van der Waals surface area contributed by atoms with E-state index in [0.29, 0.717) is 16.4 Å². The molecule has 0 bridgehead atoms. The number of rotatable bonds is 2. The zero-order valence-electron chi connectivity index (χ0n) is 8.16. The van der Waals surface area contributed by atoms with E-state index in [4.69, 9.17) is 16.0 Å². The van der Waals surface area contributed by atoms with Crippen molar-refractivity contribution >= 4 is 28.4 Å². The quantitative estimate of drug-likeness (QED) is 0.569. The first-order chi connectivity index (χ1) is 7.20. The van der Waals surface area contributed by atoms with Crippen molar-refractivity contribution in [3.8, 4) is 0 Å². The molecule has 15 heavy (non-hydrogen) atoms. The summed E-state index contributed by atoms with van der Waals surface area (Å²) < 4.78 is 5.38. The summed E-state index contributed by atoms with van der Waals surface area (Å²) in [6, 6.07) is 6.96. The third-order valence-corrected chi connectivity index (χ3v) is 2.27. The van der Waals surface area contributed by atoms with Crippen LogP contribution in [0.15, 0.2) is 40.8 Å². The molecule has 1 aromatic carbocycles. The van der Waals surface area contributed by atoms with Crippen molar-refractivity contribution in [1.82, 2.24) is 0 Å². The third-order valence-electron chi connectivity index (χ3n) is 2.04. The number of benzene rings is 1. The Labute approximate surface area is 92.1 Å². The molecule has 76 valence electrons. The first-order valence-electron chi connectivity index (χ1n) is 4.57. The van der Waals surface area contributed by atoms with Crippen LogP contribution < -0.4 is 0 Å². The van der Waals surface area contributed by atoms with E-state index in [1.807, 2.05) is 0 Å². The van der Waals surface area contributed by atoms with Gasteiger partial charge in [-0.25, -0.2) is 0 Å². The van der Waals surface area contributed by atoms with Gasteiger partial charge in [0, 0.05) is 10.4 Å². The molecule has 2 nitrogen and oxygen atoms in total. The lowest BCUT2D eigenvalue weighted by atomic mass is 10.2. The smallest absolute Gasteiger partial charge is 0.220 e. The Morgan fingerprint density at radius 2 is 2.20 bits per heavy atom. The molecule has 0 aliphatic heterocycles. The van der Waals surface area contributed by atoms with Gasteiger partial charge in [-0.05, 0) is 37.3 Å². The van der Waals surface area contributed by atoms with Crippen molar-refractivity contribution < 1.29 is 9.21 Å². The van der Waals surface area contributed by atoms with Gasteiger partial charge in [0.25, 0.3) is 0 Å². The van der Waals surface area contributed by atoms with Gasteiger partial charge in [0.05, 0.1) is 0 Å². The Kier molecular flexibility index (Phi) is 2.60. The zero-order valence-corrected chi connectivity index (χ0v) is 8.91. The third kappa shape index (κ3) is 1.95. The second-order valence-corrected chi connectivity index (χ2v) is 3.59. The molecule has 0 radical (unpaired) electrons. The van der Waals surface area contributed by atoms with Crippen molar-refractivity contribution in [2.24, 2.45) is 0 Å². The van der Waals surface area contributed by atoms with E-state index in [0.717, 1.165) is 5.39 Å². The number of carbonyl (C=O) groups is 1. The fourth-order valence-electron chi connectivity index (χ4n) is 1.37. The van der Waals surface area contributed by atoms with Gasteiger partial charge < -0.3 is 4.42 Å². The predicted octanol–water partition coefficient (Wildman–Crippen LogP) is 3.85. The van der Waals surface area contributed by atoms with Crippen molar-refractivity contribution in [3.05, 3.63) is 47.2 Å². The van der Waals surface area contributed by atoms with Crippen LogP contribution in [0.5, 0.6) is 0 Å². The number of hydrogen-bond donors (Lipinski definition) is 0. The molecule has 0 unspecified atom stereocenters. The minimum atomic E-state index is -0.134. The van der Waals surface area contributed by atoms with Crippen molar-refractivity contribution in [2.75, 3.05) is 0 Å². The van der Waals surface area contributed by atoms with Gasteiger partial charge in [-0.15, -0.1) is 0 Å². The summed E-state index contributed by atoms with van der Waals surface area (Å²) >= 11 is 5.83. The highest BCUT2D eigenvalue weighted by atomic mass is 35.5. The van der Waals surface area contributed by atoms with Crippen LogP contribution in [-0.2, 0) is 0 Å². The maximum atomic E-state index is 11.5. The van der Waals surface area contributed by atoms with Crippen LogP contribution in [0.2, 0.25) is 5.02 Å². The summed E-state index contributed by atoms with van der Waals surface area (Å²) in [6.45, 7) is 1.79. The summed E-state index contributed by atoms with van der Waals surface area (Å²) in [7, 11) is 0. The Balaban J connectivity index is 2.51. The zero-order chi connectivity index (χ0) is 10.8. The van der Waals surface area contributed by atoms with E-state index >= 15 is 0 Å². The second kappa shape index (κ2) is 3.91. The lowest BCUT2D eigenvalue weighted by Crippen LogP contribution is -1.89. The van der Waals surface area contributed by atoms with Crippen LogP contribution in [0.25, 0.3) is 11.0 Å². The average Bonchev–Trinajstić information content (AvgIpc) is 2.60. The fraction of sp³-hybridized carbons (Fsp3) is 0.0833. The van der Waals surface area contributed by atoms with Gasteiger partial charge in [-0.2, -0.15) is 0 Å². The summed E-state index contributed by atoms with van der Waals surface area (Å²) in [6.07, 6.45) is 3.15. The molecule has 0 spiro atoms. The maximum Gasteiger partial charge on any atom is 0.220 e. The molecule has 0 amide bonds. The molecule has 0 saturated heterocycles. The molecular weight excluding hydrogens is 212 g/mol. The number of furan rings is 1. The Morgan fingerprint density at radius 1 is 1.40 bits per heavy atom. The maximum absolute atomic E-state index is 11.5. The molecule has 2 aromatic rings. The van der Waals surface area contributed by atoms with Gasteiger partial charge >= 0.3 is 0 Å². The summed E-state index contributed by atoms with van der Waals surface area (Å²) in [5, 5.41) is 1.48. The lowest BCUT2D eigenvalue weighted by molar-refractivity contribution is 0.102. The van der Waals surface area contributed by atoms with Crippen LogP contribution in [0.4, 0.5) is 0 Å². The van der Waals surface area contributed by atoms with E-state index in [1.54, 1.807) is 37.3 Å². The van der Waals surface area contributed by atoms with E-state index in [1.165, 1.54) is 6.08 Å². The number of hydrogen-bond acceptors (Lipinski definition) is 2. The van der Waals surface area contributed by atoms with E-state index in [2.05, 4.69) is 0 Å². The number of halogens is 1. The van der Waals surface area contributed by atoms with Crippen LogP contribution in [0, 0.1) is 0 Å². The second-order valence-electron chi connectivity index (χ2n) is 3.16. The van der Waals surface area contributed by atoms with Crippen molar-refractivity contribution in [1.29, 1.82) is 0 Å². The topological polar surface area (TPSA) is 30.2 Å². The fourth-order valence-corrected chi connectivity index (χ4v) is 1.55. The highest BCUT2D eigenvalue weighted by Gasteiger charge is 2.09. The number of carbonyl (C=O) groups excluding carboxylic acids is 1. The molecule has 0 saturated carbocycles. The summed E-state index contributed by atoms with van der Waals surface area (Å²) in [5.41, 5.74) is 0.673. The molecule has 0 aliphatic carbocycles. The molecule has 3 heteroatoms. The molecule has 1 aromatic heterocycles. The standard InChI is InChI=1S/C12H9ClO2/c1-2-3-10(14)12-7-8-6-9(13)4-5-11(8)15-12/h2-7H,1H3/b3-2+. The van der Waals surface area contributed by atoms with Crippen LogP contribution in [0.3, 0.4) is 0 Å². The largest absolute Gasteiger partial charge is 0.453 e. The lowest BCUT2D eigenvalue weighted by Gasteiger charge is -1.87. The molecule has 0 N–H and O–H groups in total. The summed E-state index contributed by atoms with van der Waals surface area (Å²) in [5.74, 6) is 0.204. The number of fused-ring (bicyclic) bond motifs is 1. The minimum absolute atomic E-state index is 0.134. The van der Waals surface area contributed by atoms with Crippen LogP contribution in [-0.4, -0.2) is 5.78 Å². The summed E-state index contributed by atoms with van der Waals surface area (Å²) in [4.78, 5) is 11.5. The highest BCUT2D eigenvalue weighted by Crippen LogP contribution is 2.23. The van der Waals surface area contributed by atoms with Gasteiger partial charge in [0.1, 0.15) is 5.58 Å². The average molecular weight is 221 g/mol. The van der Waals surface area contributed by atoms with Gasteiger partial charge in [-0.3, -0.25) is 4.79 Å². The normalized spacial score (nSPS) is 11.3. The Morgan fingerprint density at radius 3 is 2.93 bits per heavy atom. The highest BCUT2D eigenvalue weighted by molar-refractivity contribution is 6.31. The predicted molar refractivity (Wildman–Crippen MR) is 60.4 cm³/mol. The first-order valence-corrected chi connectivity index (χ1v) is 4.94. The minimum Gasteiger partial charge on any atom is -0.453 e. The molecule has 2 rings (SSSR count). The Bertz CT molecular complexity index is 538. The van der Waals surface area contributed by atoms with Crippen molar-refractivity contribution in [2.45, 2.75) is 6.92 Å². The van der Waals surface area contributed by atoms with E-state index in [-0.39, 0.29) is 5.78 Å². The van der Waals surface area contributed by atoms with Crippen LogP contribution >= 0.6 is 11.6 Å². The van der Waals surface area contributed by atoms with Gasteiger partial charge in [0.2, 0.25) is 5.78 Å².